The topological polar surface area (TPSA) is 55.1 Å². The number of hydrogen-bond donors (Lipinski definition) is 2. The number of carbonyl (C=O) groups is 1. The molecule has 0 bridgehead atoms. The highest BCUT2D eigenvalue weighted by atomic mass is 16.1. The van der Waals surface area contributed by atoms with Crippen molar-refractivity contribution in [3.63, 3.8) is 0 Å². The largest absolute Gasteiger partial charge is 0.351 e. The zero-order chi connectivity index (χ0) is 12.3. The summed E-state index contributed by atoms with van der Waals surface area (Å²) in [5.74, 6) is 0.0456. The fourth-order valence-electron chi connectivity index (χ4n) is 1.02. The number of nitrogens with two attached hydrogens (primary N) is 1. The molecule has 1 unspecified atom stereocenters. The molecule has 0 rings (SSSR count). The molecule has 3 heteroatoms. The number of amides is 1. The standard InChI is InChI=1S/C12H26N2O/c1-7-12(5,6)14-10(15)8-9(13)11(2,3)4/h9H,7-8,13H2,1-6H3,(H,14,15). The van der Waals surface area contributed by atoms with Crippen molar-refractivity contribution in [2.24, 2.45) is 11.1 Å². The van der Waals surface area contributed by atoms with Gasteiger partial charge in [-0.3, -0.25) is 4.79 Å². The van der Waals surface area contributed by atoms with E-state index in [1.807, 2.05) is 13.8 Å². The van der Waals surface area contributed by atoms with Gasteiger partial charge >= 0.3 is 0 Å². The van der Waals surface area contributed by atoms with Crippen molar-refractivity contribution < 1.29 is 4.79 Å². The Balaban J connectivity index is 4.17. The molecule has 0 radical (unpaired) electrons. The maximum absolute atomic E-state index is 11.7. The minimum atomic E-state index is -0.130. The Morgan fingerprint density at radius 2 is 1.73 bits per heavy atom. The molecular weight excluding hydrogens is 188 g/mol. The minimum Gasteiger partial charge on any atom is -0.351 e. The molecule has 3 N–H and O–H groups in total. The Morgan fingerprint density at radius 3 is 2.07 bits per heavy atom. The van der Waals surface area contributed by atoms with Crippen molar-refractivity contribution in [1.29, 1.82) is 0 Å². The second-order valence-corrected chi connectivity index (χ2v) is 5.96. The molecule has 1 atom stereocenters. The lowest BCUT2D eigenvalue weighted by Crippen LogP contribution is -2.47. The molecule has 0 saturated carbocycles. The molecule has 0 aromatic heterocycles. The average Bonchev–Trinajstić information content (AvgIpc) is 2.01. The van der Waals surface area contributed by atoms with E-state index in [-0.39, 0.29) is 22.9 Å². The van der Waals surface area contributed by atoms with E-state index in [0.29, 0.717) is 6.42 Å². The fourth-order valence-corrected chi connectivity index (χ4v) is 1.02. The molecule has 0 aliphatic heterocycles. The third kappa shape index (κ3) is 5.78. The maximum atomic E-state index is 11.7. The van der Waals surface area contributed by atoms with Crippen LogP contribution in [0.15, 0.2) is 0 Å². The van der Waals surface area contributed by atoms with Crippen LogP contribution in [0.1, 0.15) is 54.4 Å². The number of hydrogen-bond acceptors (Lipinski definition) is 2. The van der Waals surface area contributed by atoms with E-state index in [1.54, 1.807) is 0 Å². The lowest BCUT2D eigenvalue weighted by Gasteiger charge is -2.29. The van der Waals surface area contributed by atoms with E-state index >= 15 is 0 Å². The van der Waals surface area contributed by atoms with Gasteiger partial charge in [0.15, 0.2) is 0 Å². The molecule has 15 heavy (non-hydrogen) atoms. The highest BCUT2D eigenvalue weighted by molar-refractivity contribution is 5.77. The van der Waals surface area contributed by atoms with Gasteiger partial charge in [0, 0.05) is 18.0 Å². The maximum Gasteiger partial charge on any atom is 0.221 e. The van der Waals surface area contributed by atoms with E-state index < -0.39 is 0 Å². The molecule has 0 saturated heterocycles. The van der Waals surface area contributed by atoms with Crippen LogP contribution in [-0.2, 0) is 4.79 Å². The first kappa shape index (κ1) is 14.4. The second kappa shape index (κ2) is 4.97. The van der Waals surface area contributed by atoms with Crippen molar-refractivity contribution in [1.82, 2.24) is 5.32 Å². The average molecular weight is 214 g/mol. The zero-order valence-electron chi connectivity index (χ0n) is 11.0. The smallest absolute Gasteiger partial charge is 0.221 e. The van der Waals surface area contributed by atoms with Gasteiger partial charge in [-0.15, -0.1) is 0 Å². The zero-order valence-corrected chi connectivity index (χ0v) is 11.0. The van der Waals surface area contributed by atoms with Crippen LogP contribution >= 0.6 is 0 Å². The Bertz CT molecular complexity index is 216. The Morgan fingerprint density at radius 1 is 1.27 bits per heavy atom. The first-order chi connectivity index (χ1) is 6.58. The summed E-state index contributed by atoms with van der Waals surface area (Å²) >= 11 is 0. The Kier molecular flexibility index (Phi) is 4.78. The van der Waals surface area contributed by atoms with Crippen molar-refractivity contribution in [2.75, 3.05) is 0 Å². The number of rotatable bonds is 4. The Hall–Kier alpha value is -0.570. The van der Waals surface area contributed by atoms with Gasteiger partial charge in [0.25, 0.3) is 0 Å². The summed E-state index contributed by atoms with van der Waals surface area (Å²) in [6, 6.07) is -0.0924. The van der Waals surface area contributed by atoms with Crippen LogP contribution in [0.4, 0.5) is 0 Å². The summed E-state index contributed by atoms with van der Waals surface area (Å²) in [5.41, 5.74) is 5.80. The van der Waals surface area contributed by atoms with Crippen LogP contribution in [0.25, 0.3) is 0 Å². The summed E-state index contributed by atoms with van der Waals surface area (Å²) in [7, 11) is 0. The first-order valence-electron chi connectivity index (χ1n) is 5.65. The molecule has 0 aliphatic carbocycles. The van der Waals surface area contributed by atoms with Gasteiger partial charge in [-0.1, -0.05) is 27.7 Å². The van der Waals surface area contributed by atoms with Crippen LogP contribution < -0.4 is 11.1 Å². The van der Waals surface area contributed by atoms with E-state index in [9.17, 15) is 4.79 Å². The molecule has 1 amide bonds. The normalized spacial score (nSPS) is 14.9. The number of nitrogens with one attached hydrogen (secondary N) is 1. The van der Waals surface area contributed by atoms with Gasteiger partial charge in [0.1, 0.15) is 0 Å². The van der Waals surface area contributed by atoms with Gasteiger partial charge in [-0.25, -0.2) is 0 Å². The van der Waals surface area contributed by atoms with Crippen LogP contribution in [0, 0.1) is 5.41 Å². The molecule has 0 aromatic carbocycles. The molecular formula is C12H26N2O. The van der Waals surface area contributed by atoms with E-state index in [0.717, 1.165) is 6.42 Å². The predicted molar refractivity (Wildman–Crippen MR) is 64.6 cm³/mol. The lowest BCUT2D eigenvalue weighted by atomic mass is 9.85. The van der Waals surface area contributed by atoms with Gasteiger partial charge in [0.05, 0.1) is 0 Å². The molecule has 0 aliphatic rings. The number of carbonyl (C=O) groups excluding carboxylic acids is 1. The van der Waals surface area contributed by atoms with Crippen molar-refractivity contribution in [2.45, 2.75) is 66.0 Å². The van der Waals surface area contributed by atoms with Crippen LogP contribution in [0.5, 0.6) is 0 Å². The van der Waals surface area contributed by atoms with Crippen LogP contribution in [-0.4, -0.2) is 17.5 Å². The van der Waals surface area contributed by atoms with Crippen LogP contribution in [0.3, 0.4) is 0 Å². The first-order valence-corrected chi connectivity index (χ1v) is 5.65. The second-order valence-electron chi connectivity index (χ2n) is 5.96. The third-order valence-corrected chi connectivity index (χ3v) is 2.88. The van der Waals surface area contributed by atoms with E-state index in [4.69, 9.17) is 5.73 Å². The van der Waals surface area contributed by atoms with E-state index in [1.165, 1.54) is 0 Å². The highest BCUT2D eigenvalue weighted by Gasteiger charge is 2.25. The monoisotopic (exact) mass is 214 g/mol. The third-order valence-electron chi connectivity index (χ3n) is 2.88. The summed E-state index contributed by atoms with van der Waals surface area (Å²) in [6.07, 6.45) is 1.32. The van der Waals surface area contributed by atoms with Crippen molar-refractivity contribution >= 4 is 5.91 Å². The quantitative estimate of drug-likeness (QED) is 0.752. The lowest BCUT2D eigenvalue weighted by molar-refractivity contribution is -0.123. The molecule has 0 fully saturated rings. The summed E-state index contributed by atoms with van der Waals surface area (Å²) < 4.78 is 0. The minimum absolute atomic E-state index is 0.0201. The van der Waals surface area contributed by atoms with Crippen molar-refractivity contribution in [3.05, 3.63) is 0 Å². The van der Waals surface area contributed by atoms with Gasteiger partial charge < -0.3 is 11.1 Å². The summed E-state index contributed by atoms with van der Waals surface area (Å²) in [5, 5.41) is 2.99. The molecule has 0 heterocycles. The van der Waals surface area contributed by atoms with Gasteiger partial charge in [-0.2, -0.15) is 0 Å². The highest BCUT2D eigenvalue weighted by Crippen LogP contribution is 2.20. The SMILES string of the molecule is CCC(C)(C)NC(=O)CC(N)C(C)(C)C. The fraction of sp³-hybridized carbons (Fsp3) is 0.917. The van der Waals surface area contributed by atoms with Gasteiger partial charge in [-0.05, 0) is 25.7 Å². The Labute approximate surface area is 93.8 Å². The van der Waals surface area contributed by atoms with Crippen molar-refractivity contribution in [3.8, 4) is 0 Å². The predicted octanol–water partition coefficient (Wildman–Crippen LogP) is 2.05. The molecule has 3 nitrogen and oxygen atoms in total. The molecule has 0 aromatic rings. The molecule has 0 spiro atoms. The summed E-state index contributed by atoms with van der Waals surface area (Å²) in [6.45, 7) is 12.3. The molecule has 90 valence electrons. The summed E-state index contributed by atoms with van der Waals surface area (Å²) in [4.78, 5) is 11.7. The van der Waals surface area contributed by atoms with E-state index in [2.05, 4.69) is 33.0 Å². The van der Waals surface area contributed by atoms with Gasteiger partial charge in [0.2, 0.25) is 5.91 Å². The van der Waals surface area contributed by atoms with Crippen LogP contribution in [0.2, 0.25) is 0 Å².